The number of fused-ring (bicyclic) bond motifs is 1. The van der Waals surface area contributed by atoms with E-state index < -0.39 is 0 Å². The predicted octanol–water partition coefficient (Wildman–Crippen LogP) is 3.98. The number of rotatable bonds is 3. The van der Waals surface area contributed by atoms with Gasteiger partial charge in [0.15, 0.2) is 0 Å². The van der Waals surface area contributed by atoms with Crippen LogP contribution in [0.2, 0.25) is 0 Å². The number of anilines is 3. The van der Waals surface area contributed by atoms with Gasteiger partial charge in [-0.3, -0.25) is 4.98 Å². The van der Waals surface area contributed by atoms with Gasteiger partial charge in [0.25, 0.3) is 0 Å². The average Bonchev–Trinajstić information content (AvgIpc) is 2.50. The van der Waals surface area contributed by atoms with Gasteiger partial charge in [-0.05, 0) is 31.2 Å². The summed E-state index contributed by atoms with van der Waals surface area (Å²) in [6.07, 6.45) is 1.82. The van der Waals surface area contributed by atoms with Crippen LogP contribution < -0.4 is 10.6 Å². The van der Waals surface area contributed by atoms with E-state index in [4.69, 9.17) is 5.73 Å². The Hall–Kier alpha value is -2.55. The van der Waals surface area contributed by atoms with Crippen LogP contribution in [-0.4, -0.2) is 11.5 Å². The molecule has 20 heavy (non-hydrogen) atoms. The lowest BCUT2D eigenvalue weighted by molar-refractivity contribution is 1.03. The van der Waals surface area contributed by atoms with Crippen LogP contribution in [0.1, 0.15) is 6.92 Å². The first kappa shape index (κ1) is 12.5. The van der Waals surface area contributed by atoms with Gasteiger partial charge in [0, 0.05) is 23.8 Å². The number of benzene rings is 2. The van der Waals surface area contributed by atoms with Crippen molar-refractivity contribution in [2.45, 2.75) is 6.92 Å². The highest BCUT2D eigenvalue weighted by molar-refractivity contribution is 5.99. The molecule has 0 aliphatic heterocycles. The molecule has 3 heteroatoms. The number of nitrogens with zero attached hydrogens (tertiary/aromatic N) is 2. The summed E-state index contributed by atoms with van der Waals surface area (Å²) in [5, 5.41) is 1.08. The molecule has 0 atom stereocenters. The number of hydrogen-bond donors (Lipinski definition) is 1. The molecular weight excluding hydrogens is 246 g/mol. The van der Waals surface area contributed by atoms with E-state index in [9.17, 15) is 0 Å². The van der Waals surface area contributed by atoms with Crippen molar-refractivity contribution in [2.24, 2.45) is 0 Å². The van der Waals surface area contributed by atoms with Crippen molar-refractivity contribution < 1.29 is 0 Å². The zero-order valence-corrected chi connectivity index (χ0v) is 11.5. The van der Waals surface area contributed by atoms with E-state index in [-0.39, 0.29) is 0 Å². The zero-order chi connectivity index (χ0) is 13.9. The third-order valence-corrected chi connectivity index (χ3v) is 3.45. The van der Waals surface area contributed by atoms with E-state index >= 15 is 0 Å². The molecule has 3 nitrogen and oxygen atoms in total. The summed E-state index contributed by atoms with van der Waals surface area (Å²) in [5.74, 6) is 0. The summed E-state index contributed by atoms with van der Waals surface area (Å²) in [4.78, 5) is 6.67. The minimum absolute atomic E-state index is 0.716. The molecule has 0 spiro atoms. The molecule has 100 valence electrons. The molecule has 0 saturated carbocycles. The largest absolute Gasteiger partial charge is 0.397 e. The van der Waals surface area contributed by atoms with Gasteiger partial charge in [0.05, 0.1) is 16.9 Å². The highest BCUT2D eigenvalue weighted by atomic mass is 15.1. The van der Waals surface area contributed by atoms with Gasteiger partial charge in [0.1, 0.15) is 0 Å². The Morgan fingerprint density at radius 2 is 1.80 bits per heavy atom. The molecule has 0 amide bonds. The molecule has 0 radical (unpaired) electrons. The van der Waals surface area contributed by atoms with Crippen LogP contribution in [0.25, 0.3) is 10.9 Å². The number of hydrogen-bond acceptors (Lipinski definition) is 3. The normalized spacial score (nSPS) is 10.7. The van der Waals surface area contributed by atoms with E-state index in [2.05, 4.69) is 47.1 Å². The third-order valence-electron chi connectivity index (χ3n) is 3.45. The van der Waals surface area contributed by atoms with Crippen LogP contribution in [0, 0.1) is 0 Å². The lowest BCUT2D eigenvalue weighted by Gasteiger charge is -2.24. The Balaban J connectivity index is 2.20. The van der Waals surface area contributed by atoms with Gasteiger partial charge in [-0.1, -0.05) is 30.3 Å². The maximum Gasteiger partial charge on any atom is 0.0952 e. The molecule has 0 aliphatic carbocycles. The van der Waals surface area contributed by atoms with Crippen LogP contribution in [-0.2, 0) is 0 Å². The monoisotopic (exact) mass is 263 g/mol. The number of nitrogens with two attached hydrogens (primary N) is 1. The first-order valence-electron chi connectivity index (χ1n) is 6.77. The van der Waals surface area contributed by atoms with Crippen LogP contribution in [0.15, 0.2) is 60.8 Å². The lowest BCUT2D eigenvalue weighted by atomic mass is 10.1. The number of pyridine rings is 1. The highest BCUT2D eigenvalue weighted by Gasteiger charge is 2.11. The molecule has 1 heterocycles. The Kier molecular flexibility index (Phi) is 3.25. The number of para-hydroxylation sites is 2. The predicted molar refractivity (Wildman–Crippen MR) is 85.3 cm³/mol. The van der Waals surface area contributed by atoms with E-state index in [1.54, 1.807) is 0 Å². The fourth-order valence-electron chi connectivity index (χ4n) is 2.52. The highest BCUT2D eigenvalue weighted by Crippen LogP contribution is 2.32. The first-order valence-corrected chi connectivity index (χ1v) is 6.77. The maximum absolute atomic E-state index is 6.02. The second kappa shape index (κ2) is 5.21. The van der Waals surface area contributed by atoms with Crippen molar-refractivity contribution in [1.82, 2.24) is 4.98 Å². The van der Waals surface area contributed by atoms with Crippen molar-refractivity contribution in [3.63, 3.8) is 0 Å². The van der Waals surface area contributed by atoms with Crippen molar-refractivity contribution in [2.75, 3.05) is 17.2 Å². The third kappa shape index (κ3) is 2.07. The lowest BCUT2D eigenvalue weighted by Crippen LogP contribution is -2.16. The molecular formula is C17H17N3. The zero-order valence-electron chi connectivity index (χ0n) is 11.5. The molecule has 0 bridgehead atoms. The average molecular weight is 263 g/mol. The minimum Gasteiger partial charge on any atom is -0.397 e. The van der Waals surface area contributed by atoms with Gasteiger partial charge in [0.2, 0.25) is 0 Å². The van der Waals surface area contributed by atoms with Crippen molar-refractivity contribution >= 4 is 28.0 Å². The molecule has 0 unspecified atom stereocenters. The van der Waals surface area contributed by atoms with Crippen LogP contribution in [0.5, 0.6) is 0 Å². The Morgan fingerprint density at radius 3 is 2.55 bits per heavy atom. The quantitative estimate of drug-likeness (QED) is 0.727. The van der Waals surface area contributed by atoms with Crippen molar-refractivity contribution in [1.29, 1.82) is 0 Å². The van der Waals surface area contributed by atoms with Gasteiger partial charge in [-0.25, -0.2) is 0 Å². The van der Waals surface area contributed by atoms with Crippen LogP contribution in [0.3, 0.4) is 0 Å². The van der Waals surface area contributed by atoms with E-state index in [0.717, 1.165) is 23.1 Å². The van der Waals surface area contributed by atoms with E-state index in [1.807, 2.05) is 30.5 Å². The van der Waals surface area contributed by atoms with Crippen molar-refractivity contribution in [3.05, 3.63) is 60.8 Å². The molecule has 1 aromatic heterocycles. The maximum atomic E-state index is 6.02. The first-order chi connectivity index (χ1) is 9.81. The summed E-state index contributed by atoms with van der Waals surface area (Å²) >= 11 is 0. The standard InChI is InChI=1S/C17H17N3/c1-2-20(13-7-4-3-5-8-13)16-11-12-19-17-14(16)9-6-10-15(17)18/h3-12H,2,18H2,1H3. The van der Waals surface area contributed by atoms with Crippen LogP contribution >= 0.6 is 0 Å². The fourth-order valence-corrected chi connectivity index (χ4v) is 2.52. The molecule has 3 rings (SSSR count). The minimum atomic E-state index is 0.716. The SMILES string of the molecule is CCN(c1ccccc1)c1ccnc2c(N)cccc12. The molecule has 0 saturated heterocycles. The molecule has 0 aliphatic rings. The smallest absolute Gasteiger partial charge is 0.0952 e. The second-order valence-corrected chi connectivity index (χ2v) is 4.65. The second-order valence-electron chi connectivity index (χ2n) is 4.65. The molecule has 2 N–H and O–H groups in total. The van der Waals surface area contributed by atoms with Gasteiger partial charge in [-0.15, -0.1) is 0 Å². The number of nitrogen functional groups attached to an aromatic ring is 1. The Bertz CT molecular complexity index is 723. The van der Waals surface area contributed by atoms with E-state index in [0.29, 0.717) is 5.69 Å². The van der Waals surface area contributed by atoms with Crippen molar-refractivity contribution in [3.8, 4) is 0 Å². The molecule has 2 aromatic carbocycles. The van der Waals surface area contributed by atoms with Crippen LogP contribution in [0.4, 0.5) is 17.1 Å². The fraction of sp³-hybridized carbons (Fsp3) is 0.118. The summed E-state index contributed by atoms with van der Waals surface area (Å²) in [7, 11) is 0. The van der Waals surface area contributed by atoms with E-state index in [1.165, 1.54) is 5.69 Å². The van der Waals surface area contributed by atoms with Gasteiger partial charge >= 0.3 is 0 Å². The summed E-state index contributed by atoms with van der Waals surface area (Å²) in [5.41, 5.74) is 9.91. The molecule has 3 aromatic rings. The Labute approximate surface area is 118 Å². The summed E-state index contributed by atoms with van der Waals surface area (Å²) < 4.78 is 0. The summed E-state index contributed by atoms with van der Waals surface area (Å²) in [6.45, 7) is 3.03. The topological polar surface area (TPSA) is 42.2 Å². The van der Waals surface area contributed by atoms with Gasteiger partial charge < -0.3 is 10.6 Å². The molecule has 0 fully saturated rings. The number of aromatic nitrogens is 1. The Morgan fingerprint density at radius 1 is 1.00 bits per heavy atom. The van der Waals surface area contributed by atoms with Gasteiger partial charge in [-0.2, -0.15) is 0 Å². The summed E-state index contributed by atoms with van der Waals surface area (Å²) in [6, 6.07) is 18.3.